The normalized spacial score (nSPS) is 20.2. The number of aryl methyl sites for hydroxylation is 1. The molecule has 0 saturated carbocycles. The van der Waals surface area contributed by atoms with Gasteiger partial charge in [-0.15, -0.1) is 21.5 Å². The Morgan fingerprint density at radius 3 is 2.63 bits per heavy atom. The largest absolute Gasteiger partial charge is 0.451 e. The van der Waals surface area contributed by atoms with Gasteiger partial charge in [0.25, 0.3) is 5.91 Å². The van der Waals surface area contributed by atoms with Crippen LogP contribution in [0.1, 0.15) is 53.9 Å². The van der Waals surface area contributed by atoms with E-state index in [0.29, 0.717) is 41.5 Å². The molecule has 0 spiro atoms. The molecule has 38 heavy (non-hydrogen) atoms. The molecule has 2 saturated heterocycles. The lowest BCUT2D eigenvalue weighted by atomic mass is 10.1. The second-order valence-electron chi connectivity index (χ2n) is 9.95. The highest BCUT2D eigenvalue weighted by atomic mass is 32.1. The highest BCUT2D eigenvalue weighted by Crippen LogP contribution is 2.37. The van der Waals surface area contributed by atoms with Gasteiger partial charge in [-0.1, -0.05) is 13.3 Å². The molecule has 10 nitrogen and oxygen atoms in total. The summed E-state index contributed by atoms with van der Waals surface area (Å²) in [6.45, 7) is 4.66. The van der Waals surface area contributed by atoms with Crippen LogP contribution in [0.25, 0.3) is 10.2 Å². The standard InChI is InChI=1S/C24H27F3N8O2S/c1-2-5-15-12-16-17(34-10-11-35-18(21(34)37)30-31-22(35)24(25,26)27)28-23(29-19(16)38-15)33-9-6-14(13-33)20(36)32-7-3-4-8-32/h12,14H,2-11,13H2,1H3/t14-/m0/s1. The minimum atomic E-state index is -4.70. The number of likely N-dealkylation sites (tertiary alicyclic amines) is 1. The number of carbonyl (C=O) groups is 2. The number of hydrogen-bond acceptors (Lipinski definition) is 8. The van der Waals surface area contributed by atoms with Crippen LogP contribution in [0.3, 0.4) is 0 Å². The van der Waals surface area contributed by atoms with E-state index in [1.165, 1.54) is 16.2 Å². The predicted octanol–water partition coefficient (Wildman–Crippen LogP) is 3.36. The molecule has 0 N–H and O–H groups in total. The summed E-state index contributed by atoms with van der Waals surface area (Å²) in [6.07, 6.45) is -0.171. The van der Waals surface area contributed by atoms with Crippen molar-refractivity contribution in [2.45, 2.75) is 51.7 Å². The Morgan fingerprint density at radius 2 is 1.89 bits per heavy atom. The third-order valence-electron chi connectivity index (χ3n) is 7.39. The second-order valence-corrected chi connectivity index (χ2v) is 11.1. The summed E-state index contributed by atoms with van der Waals surface area (Å²) in [4.78, 5) is 43.0. The molecule has 6 rings (SSSR count). The lowest BCUT2D eigenvalue weighted by molar-refractivity contribution is -0.147. The van der Waals surface area contributed by atoms with Crippen LogP contribution >= 0.6 is 11.3 Å². The summed E-state index contributed by atoms with van der Waals surface area (Å²) < 4.78 is 40.9. The van der Waals surface area contributed by atoms with Crippen molar-refractivity contribution in [2.75, 3.05) is 42.5 Å². The number of alkyl halides is 3. The number of halogens is 3. The molecular weight excluding hydrogens is 521 g/mol. The van der Waals surface area contributed by atoms with Crippen LogP contribution in [-0.2, 0) is 23.9 Å². The van der Waals surface area contributed by atoms with E-state index < -0.39 is 17.9 Å². The highest BCUT2D eigenvalue weighted by Gasteiger charge is 2.42. The molecule has 3 aromatic rings. The molecule has 0 bridgehead atoms. The van der Waals surface area contributed by atoms with Gasteiger partial charge < -0.3 is 9.80 Å². The van der Waals surface area contributed by atoms with Crippen molar-refractivity contribution in [1.82, 2.24) is 29.6 Å². The van der Waals surface area contributed by atoms with Crippen molar-refractivity contribution in [2.24, 2.45) is 5.92 Å². The lowest BCUT2D eigenvalue weighted by Crippen LogP contribution is -2.42. The molecule has 0 aromatic carbocycles. The van der Waals surface area contributed by atoms with Gasteiger partial charge in [0, 0.05) is 44.1 Å². The minimum Gasteiger partial charge on any atom is -0.342 e. The third-order valence-corrected chi connectivity index (χ3v) is 8.48. The van der Waals surface area contributed by atoms with Crippen LogP contribution in [0.15, 0.2) is 6.07 Å². The Balaban J connectivity index is 1.35. The van der Waals surface area contributed by atoms with Gasteiger partial charge in [-0.25, -0.2) is 4.98 Å². The van der Waals surface area contributed by atoms with Gasteiger partial charge >= 0.3 is 6.18 Å². The lowest BCUT2D eigenvalue weighted by Gasteiger charge is -2.28. The van der Waals surface area contributed by atoms with Crippen molar-refractivity contribution < 1.29 is 22.8 Å². The summed E-state index contributed by atoms with van der Waals surface area (Å²) in [6, 6.07) is 1.96. The summed E-state index contributed by atoms with van der Waals surface area (Å²) >= 11 is 1.52. The Kier molecular flexibility index (Phi) is 6.23. The summed E-state index contributed by atoms with van der Waals surface area (Å²) in [7, 11) is 0. The Bertz CT molecular complexity index is 1400. The van der Waals surface area contributed by atoms with E-state index in [0.717, 1.165) is 48.2 Å². The fraction of sp³-hybridized carbons (Fsp3) is 0.583. The molecule has 3 aliphatic rings. The van der Waals surface area contributed by atoms with Crippen molar-refractivity contribution in [1.29, 1.82) is 0 Å². The maximum Gasteiger partial charge on any atom is 0.451 e. The molecule has 2 amide bonds. The van der Waals surface area contributed by atoms with Gasteiger partial charge in [0.2, 0.25) is 23.5 Å². The van der Waals surface area contributed by atoms with E-state index in [1.807, 2.05) is 15.9 Å². The number of thiophene rings is 1. The van der Waals surface area contributed by atoms with Crippen LogP contribution in [-0.4, -0.2) is 74.2 Å². The number of rotatable bonds is 5. The molecule has 14 heteroatoms. The Hall–Kier alpha value is -3.29. The smallest absolute Gasteiger partial charge is 0.342 e. The van der Waals surface area contributed by atoms with E-state index >= 15 is 0 Å². The highest BCUT2D eigenvalue weighted by molar-refractivity contribution is 7.18. The zero-order valence-corrected chi connectivity index (χ0v) is 21.7. The van der Waals surface area contributed by atoms with E-state index in [-0.39, 0.29) is 30.7 Å². The number of carbonyl (C=O) groups excluding carboxylic acids is 2. The quantitative estimate of drug-likeness (QED) is 0.482. The van der Waals surface area contributed by atoms with Crippen LogP contribution < -0.4 is 9.80 Å². The number of anilines is 2. The second kappa shape index (κ2) is 9.47. The van der Waals surface area contributed by atoms with Crippen molar-refractivity contribution in [3.63, 3.8) is 0 Å². The zero-order chi connectivity index (χ0) is 26.6. The summed E-state index contributed by atoms with van der Waals surface area (Å²) in [5, 5.41) is 7.50. The molecule has 0 radical (unpaired) electrons. The zero-order valence-electron chi connectivity index (χ0n) is 20.9. The molecular formula is C24H27F3N8O2S. The maximum absolute atomic E-state index is 13.4. The third kappa shape index (κ3) is 4.28. The van der Waals surface area contributed by atoms with Crippen molar-refractivity contribution >= 4 is 45.1 Å². The average molecular weight is 549 g/mol. The van der Waals surface area contributed by atoms with Crippen LogP contribution in [0.5, 0.6) is 0 Å². The van der Waals surface area contributed by atoms with Gasteiger partial charge in [-0.3, -0.25) is 19.1 Å². The SMILES string of the molecule is CCCc1cc2c(N3CCn4c(nnc4C(F)(F)F)C3=O)nc(N3CC[C@H](C(=O)N4CCCC4)C3)nc2s1. The minimum absolute atomic E-state index is 0.00641. The van der Waals surface area contributed by atoms with Gasteiger partial charge in [0.1, 0.15) is 10.6 Å². The molecule has 0 aliphatic carbocycles. The number of fused-ring (bicyclic) bond motifs is 2. The first-order chi connectivity index (χ1) is 18.2. The number of aromatic nitrogens is 5. The first kappa shape index (κ1) is 25.0. The molecule has 1 atom stereocenters. The summed E-state index contributed by atoms with van der Waals surface area (Å²) in [5.74, 6) is -1.42. The summed E-state index contributed by atoms with van der Waals surface area (Å²) in [5.41, 5.74) is 0. The van der Waals surface area contributed by atoms with E-state index in [1.54, 1.807) is 0 Å². The van der Waals surface area contributed by atoms with Crippen LogP contribution in [0, 0.1) is 5.92 Å². The Morgan fingerprint density at radius 1 is 1.11 bits per heavy atom. The molecule has 6 heterocycles. The Labute approximate surface area is 220 Å². The van der Waals surface area contributed by atoms with Gasteiger partial charge in [0.15, 0.2) is 0 Å². The fourth-order valence-electron chi connectivity index (χ4n) is 5.51. The average Bonchev–Trinajstić information content (AvgIpc) is 3.68. The van der Waals surface area contributed by atoms with Crippen molar-refractivity contribution in [3.05, 3.63) is 22.6 Å². The predicted molar refractivity (Wildman–Crippen MR) is 134 cm³/mol. The van der Waals surface area contributed by atoms with Gasteiger partial charge in [-0.2, -0.15) is 18.2 Å². The monoisotopic (exact) mass is 548 g/mol. The number of nitrogens with zero attached hydrogens (tertiary/aromatic N) is 8. The number of hydrogen-bond donors (Lipinski definition) is 0. The van der Waals surface area contributed by atoms with E-state index in [9.17, 15) is 22.8 Å². The molecule has 3 aliphatic heterocycles. The van der Waals surface area contributed by atoms with E-state index in [2.05, 4.69) is 17.1 Å². The van der Waals surface area contributed by atoms with Gasteiger partial charge in [0.05, 0.1) is 11.3 Å². The van der Waals surface area contributed by atoms with Gasteiger partial charge in [-0.05, 0) is 31.7 Å². The first-order valence-electron chi connectivity index (χ1n) is 12.9. The van der Waals surface area contributed by atoms with Crippen molar-refractivity contribution in [3.8, 4) is 0 Å². The van der Waals surface area contributed by atoms with Crippen LogP contribution in [0.2, 0.25) is 0 Å². The van der Waals surface area contributed by atoms with Crippen LogP contribution in [0.4, 0.5) is 24.9 Å². The molecule has 2 fully saturated rings. The fourth-order valence-corrected chi connectivity index (χ4v) is 6.63. The molecule has 3 aromatic heterocycles. The topological polar surface area (TPSA) is 100 Å². The first-order valence-corrected chi connectivity index (χ1v) is 13.7. The molecule has 0 unspecified atom stereocenters. The number of amides is 2. The molecule has 202 valence electrons. The maximum atomic E-state index is 13.4. The van der Waals surface area contributed by atoms with E-state index in [4.69, 9.17) is 9.97 Å².